The molecule has 22 heavy (non-hydrogen) atoms. The van der Waals surface area contributed by atoms with Gasteiger partial charge in [-0.2, -0.15) is 10.4 Å². The fourth-order valence-electron chi connectivity index (χ4n) is 2.08. The van der Waals surface area contributed by atoms with Crippen molar-refractivity contribution in [3.63, 3.8) is 0 Å². The standard InChI is InChI=1S/C15H13N7/c16-5-3-10-1-2-13(20-7-10)22-9-11(8-21-22)12-4-6-19-15(18)14(12)17/h1-2,4,6-9H,3,17H2,(H2,18,19). The Labute approximate surface area is 126 Å². The molecule has 0 aliphatic heterocycles. The molecule has 3 rings (SSSR count). The van der Waals surface area contributed by atoms with Crippen LogP contribution in [-0.2, 0) is 6.42 Å². The summed E-state index contributed by atoms with van der Waals surface area (Å²) in [6, 6.07) is 7.54. The van der Waals surface area contributed by atoms with E-state index in [-0.39, 0.29) is 0 Å². The quantitative estimate of drug-likeness (QED) is 0.755. The molecule has 108 valence electrons. The van der Waals surface area contributed by atoms with E-state index in [1.54, 1.807) is 29.3 Å². The first-order chi connectivity index (χ1) is 10.7. The third kappa shape index (κ3) is 2.45. The van der Waals surface area contributed by atoms with Gasteiger partial charge in [0.25, 0.3) is 0 Å². The van der Waals surface area contributed by atoms with Gasteiger partial charge in [0, 0.05) is 29.7 Å². The van der Waals surface area contributed by atoms with E-state index in [1.807, 2.05) is 18.3 Å². The van der Waals surface area contributed by atoms with Crippen LogP contribution in [0.5, 0.6) is 0 Å². The predicted octanol–water partition coefficient (Wildman–Crippen LogP) is 1.56. The third-order valence-corrected chi connectivity index (χ3v) is 3.24. The minimum Gasteiger partial charge on any atom is -0.395 e. The van der Waals surface area contributed by atoms with E-state index in [0.717, 1.165) is 16.7 Å². The molecule has 4 N–H and O–H groups in total. The Bertz CT molecular complexity index is 843. The highest BCUT2D eigenvalue weighted by Gasteiger charge is 2.09. The summed E-state index contributed by atoms with van der Waals surface area (Å²) in [5, 5.41) is 12.9. The summed E-state index contributed by atoms with van der Waals surface area (Å²) in [6.07, 6.45) is 7.11. The molecule has 0 fully saturated rings. The smallest absolute Gasteiger partial charge is 0.153 e. The summed E-state index contributed by atoms with van der Waals surface area (Å²) >= 11 is 0. The van der Waals surface area contributed by atoms with Gasteiger partial charge in [0.15, 0.2) is 5.82 Å². The number of nitrogens with two attached hydrogens (primary N) is 2. The lowest BCUT2D eigenvalue weighted by atomic mass is 10.1. The molecule has 0 spiro atoms. The summed E-state index contributed by atoms with van der Waals surface area (Å²) < 4.78 is 1.64. The van der Waals surface area contributed by atoms with Gasteiger partial charge in [-0.15, -0.1) is 0 Å². The molecular weight excluding hydrogens is 278 g/mol. The van der Waals surface area contributed by atoms with Crippen molar-refractivity contribution in [2.24, 2.45) is 0 Å². The molecule has 7 heteroatoms. The van der Waals surface area contributed by atoms with Gasteiger partial charge < -0.3 is 11.5 Å². The van der Waals surface area contributed by atoms with Crippen molar-refractivity contribution in [1.82, 2.24) is 19.7 Å². The fourth-order valence-corrected chi connectivity index (χ4v) is 2.08. The lowest BCUT2D eigenvalue weighted by molar-refractivity contribution is 0.844. The Morgan fingerprint density at radius 2 is 2.00 bits per heavy atom. The summed E-state index contributed by atoms with van der Waals surface area (Å²) in [7, 11) is 0. The topological polar surface area (TPSA) is 119 Å². The van der Waals surface area contributed by atoms with Gasteiger partial charge in [0.1, 0.15) is 5.82 Å². The van der Waals surface area contributed by atoms with Gasteiger partial charge in [0.2, 0.25) is 0 Å². The molecule has 3 heterocycles. The van der Waals surface area contributed by atoms with E-state index < -0.39 is 0 Å². The first-order valence-electron chi connectivity index (χ1n) is 6.56. The number of nitrogen functional groups attached to an aromatic ring is 2. The van der Waals surface area contributed by atoms with E-state index in [1.165, 1.54) is 0 Å². The molecule has 0 bridgehead atoms. The van der Waals surface area contributed by atoms with Crippen LogP contribution in [0.2, 0.25) is 0 Å². The molecule has 0 saturated heterocycles. The second-order valence-electron chi connectivity index (χ2n) is 4.69. The zero-order valence-electron chi connectivity index (χ0n) is 11.6. The number of pyridine rings is 2. The van der Waals surface area contributed by atoms with Crippen molar-refractivity contribution in [2.75, 3.05) is 11.5 Å². The average molecular weight is 291 g/mol. The van der Waals surface area contributed by atoms with Gasteiger partial charge in [0.05, 0.1) is 24.4 Å². The zero-order valence-corrected chi connectivity index (χ0v) is 11.6. The van der Waals surface area contributed by atoms with Gasteiger partial charge in [-0.05, 0) is 17.7 Å². The minimum absolute atomic E-state index is 0.296. The molecule has 3 aromatic heterocycles. The van der Waals surface area contributed by atoms with Crippen molar-refractivity contribution in [3.8, 4) is 23.0 Å². The van der Waals surface area contributed by atoms with Crippen LogP contribution in [0.1, 0.15) is 5.56 Å². The van der Waals surface area contributed by atoms with Crippen molar-refractivity contribution >= 4 is 11.5 Å². The van der Waals surface area contributed by atoms with Crippen LogP contribution < -0.4 is 11.5 Å². The van der Waals surface area contributed by atoms with E-state index in [9.17, 15) is 0 Å². The van der Waals surface area contributed by atoms with E-state index in [0.29, 0.717) is 23.7 Å². The van der Waals surface area contributed by atoms with Gasteiger partial charge in [-0.1, -0.05) is 6.07 Å². The van der Waals surface area contributed by atoms with E-state index >= 15 is 0 Å². The summed E-state index contributed by atoms with van der Waals surface area (Å²) in [5.41, 5.74) is 14.6. The fraction of sp³-hybridized carbons (Fsp3) is 0.0667. The highest BCUT2D eigenvalue weighted by Crippen LogP contribution is 2.28. The Kier molecular flexibility index (Phi) is 3.42. The number of nitrogens with zero attached hydrogens (tertiary/aromatic N) is 5. The van der Waals surface area contributed by atoms with Crippen LogP contribution in [0.4, 0.5) is 11.5 Å². The van der Waals surface area contributed by atoms with Crippen LogP contribution in [-0.4, -0.2) is 19.7 Å². The van der Waals surface area contributed by atoms with Crippen LogP contribution in [0.25, 0.3) is 16.9 Å². The Balaban J connectivity index is 1.94. The third-order valence-electron chi connectivity index (χ3n) is 3.24. The molecule has 0 aliphatic carbocycles. The number of hydrogen-bond donors (Lipinski definition) is 2. The normalized spacial score (nSPS) is 10.3. The largest absolute Gasteiger partial charge is 0.395 e. The van der Waals surface area contributed by atoms with Crippen LogP contribution in [0.15, 0.2) is 43.0 Å². The first kappa shape index (κ1) is 13.6. The highest BCUT2D eigenvalue weighted by molar-refractivity contribution is 5.81. The molecular formula is C15H13N7. The maximum atomic E-state index is 8.66. The van der Waals surface area contributed by atoms with Crippen LogP contribution in [0, 0.1) is 11.3 Å². The molecule has 7 nitrogen and oxygen atoms in total. The Morgan fingerprint density at radius 1 is 1.14 bits per heavy atom. The molecule has 0 amide bonds. The monoisotopic (exact) mass is 291 g/mol. The summed E-state index contributed by atoms with van der Waals surface area (Å²) in [5.74, 6) is 0.956. The molecule has 0 saturated carbocycles. The molecule has 0 aromatic carbocycles. The van der Waals surface area contributed by atoms with Gasteiger partial charge >= 0.3 is 0 Å². The molecule has 0 radical (unpaired) electrons. The van der Waals surface area contributed by atoms with Gasteiger partial charge in [-0.3, -0.25) is 0 Å². The highest BCUT2D eigenvalue weighted by atomic mass is 15.3. The number of aromatic nitrogens is 4. The zero-order chi connectivity index (χ0) is 15.5. The molecule has 3 aromatic rings. The van der Waals surface area contributed by atoms with E-state index in [4.69, 9.17) is 16.7 Å². The van der Waals surface area contributed by atoms with Crippen molar-refractivity contribution in [1.29, 1.82) is 5.26 Å². The molecule has 0 atom stereocenters. The minimum atomic E-state index is 0.296. The number of nitriles is 1. The van der Waals surface area contributed by atoms with Crippen LogP contribution >= 0.6 is 0 Å². The van der Waals surface area contributed by atoms with Crippen molar-refractivity contribution in [3.05, 3.63) is 48.5 Å². The number of hydrogen-bond acceptors (Lipinski definition) is 6. The van der Waals surface area contributed by atoms with Crippen LogP contribution in [0.3, 0.4) is 0 Å². The second kappa shape index (κ2) is 5.54. The molecule has 0 unspecified atom stereocenters. The predicted molar refractivity (Wildman–Crippen MR) is 82.7 cm³/mol. The maximum absolute atomic E-state index is 8.66. The van der Waals surface area contributed by atoms with E-state index in [2.05, 4.69) is 21.1 Å². The SMILES string of the molecule is N#CCc1ccc(-n2cc(-c3ccnc(N)c3N)cn2)nc1. The lowest BCUT2D eigenvalue weighted by Gasteiger charge is -2.04. The molecule has 0 aliphatic rings. The first-order valence-corrected chi connectivity index (χ1v) is 6.56. The number of anilines is 2. The number of rotatable bonds is 3. The Morgan fingerprint density at radius 3 is 2.73 bits per heavy atom. The Hall–Kier alpha value is -3.40. The summed E-state index contributed by atoms with van der Waals surface area (Å²) in [6.45, 7) is 0. The average Bonchev–Trinajstić information content (AvgIpc) is 3.01. The summed E-state index contributed by atoms with van der Waals surface area (Å²) in [4.78, 5) is 8.24. The van der Waals surface area contributed by atoms with Crippen molar-refractivity contribution < 1.29 is 0 Å². The van der Waals surface area contributed by atoms with Gasteiger partial charge in [-0.25, -0.2) is 14.6 Å². The maximum Gasteiger partial charge on any atom is 0.153 e. The van der Waals surface area contributed by atoms with Crippen molar-refractivity contribution in [2.45, 2.75) is 6.42 Å². The lowest BCUT2D eigenvalue weighted by Crippen LogP contribution is -1.99. The second-order valence-corrected chi connectivity index (χ2v) is 4.69.